The first-order valence-electron chi connectivity index (χ1n) is 13.7. The maximum atomic E-state index is 12.5. The number of carboxylic acid groups (broad SMARTS) is 1. The van der Waals surface area contributed by atoms with Crippen LogP contribution >= 0.6 is 0 Å². The SMILES string of the molecule is CCCCCCCCCCOc1ccc(C(=O)Oc2ccc(OC(=O)N3CCC(C(=O)O)CC3)cc2)cc1. The van der Waals surface area contributed by atoms with Gasteiger partial charge in [0.25, 0.3) is 0 Å². The van der Waals surface area contributed by atoms with E-state index in [1.165, 1.54) is 49.8 Å². The van der Waals surface area contributed by atoms with Gasteiger partial charge in [-0.1, -0.05) is 51.9 Å². The largest absolute Gasteiger partial charge is 0.494 e. The summed E-state index contributed by atoms with van der Waals surface area (Å²) in [5.74, 6) is -0.383. The Hall–Kier alpha value is -3.55. The summed E-state index contributed by atoms with van der Waals surface area (Å²) in [5.41, 5.74) is 0.407. The Labute approximate surface area is 224 Å². The first kappa shape index (κ1) is 29.0. The average Bonchev–Trinajstić information content (AvgIpc) is 2.93. The van der Waals surface area contributed by atoms with Crippen molar-refractivity contribution in [3.63, 3.8) is 0 Å². The number of rotatable bonds is 14. The molecule has 1 N–H and O–H groups in total. The van der Waals surface area contributed by atoms with Gasteiger partial charge in [-0.05, 0) is 67.8 Å². The number of hydrogen-bond donors (Lipinski definition) is 1. The quantitative estimate of drug-likeness (QED) is 0.166. The van der Waals surface area contributed by atoms with Crippen LogP contribution in [0.2, 0.25) is 0 Å². The Bertz CT molecular complexity index is 1010. The number of piperidine rings is 1. The third kappa shape index (κ3) is 9.72. The Kier molecular flexibility index (Phi) is 11.9. The molecule has 206 valence electrons. The highest BCUT2D eigenvalue weighted by molar-refractivity contribution is 5.91. The summed E-state index contributed by atoms with van der Waals surface area (Å²) in [6.45, 7) is 3.58. The van der Waals surface area contributed by atoms with Gasteiger partial charge in [0, 0.05) is 13.1 Å². The average molecular weight is 526 g/mol. The van der Waals surface area contributed by atoms with Gasteiger partial charge >= 0.3 is 18.0 Å². The van der Waals surface area contributed by atoms with Gasteiger partial charge in [0.1, 0.15) is 17.2 Å². The molecule has 0 unspecified atom stereocenters. The molecule has 1 heterocycles. The zero-order valence-electron chi connectivity index (χ0n) is 22.2. The molecular formula is C30H39NO7. The van der Waals surface area contributed by atoms with Gasteiger partial charge in [0.15, 0.2) is 0 Å². The predicted molar refractivity (Wildman–Crippen MR) is 144 cm³/mol. The second kappa shape index (κ2) is 15.6. The standard InChI is InChI=1S/C30H39NO7/c1-2-3-4-5-6-7-8-9-22-36-25-12-10-24(11-13-25)29(34)37-26-14-16-27(17-15-26)38-30(35)31-20-18-23(19-21-31)28(32)33/h10-17,23H,2-9,18-22H2,1H3,(H,32,33). The van der Waals surface area contributed by atoms with Crippen molar-refractivity contribution >= 4 is 18.0 Å². The molecule has 0 radical (unpaired) electrons. The number of nitrogens with zero attached hydrogens (tertiary/aromatic N) is 1. The fourth-order valence-corrected chi connectivity index (χ4v) is 4.33. The minimum Gasteiger partial charge on any atom is -0.494 e. The van der Waals surface area contributed by atoms with Gasteiger partial charge in [-0.15, -0.1) is 0 Å². The number of amides is 1. The van der Waals surface area contributed by atoms with Crippen LogP contribution < -0.4 is 14.2 Å². The smallest absolute Gasteiger partial charge is 0.415 e. The van der Waals surface area contributed by atoms with Crippen molar-refractivity contribution in [2.24, 2.45) is 5.92 Å². The Balaban J connectivity index is 1.35. The molecule has 3 rings (SSSR count). The molecule has 1 aliphatic heterocycles. The van der Waals surface area contributed by atoms with Crippen LogP contribution in [0.4, 0.5) is 4.79 Å². The number of carbonyl (C=O) groups is 3. The van der Waals surface area contributed by atoms with E-state index in [0.717, 1.165) is 12.2 Å². The molecule has 0 spiro atoms. The van der Waals surface area contributed by atoms with E-state index in [-0.39, 0.29) is 0 Å². The highest BCUT2D eigenvalue weighted by Crippen LogP contribution is 2.22. The zero-order valence-corrected chi connectivity index (χ0v) is 22.2. The third-order valence-corrected chi connectivity index (χ3v) is 6.70. The number of carboxylic acids is 1. The fraction of sp³-hybridized carbons (Fsp3) is 0.500. The third-order valence-electron chi connectivity index (χ3n) is 6.70. The normalized spacial score (nSPS) is 13.7. The first-order valence-corrected chi connectivity index (χ1v) is 13.7. The van der Waals surface area contributed by atoms with E-state index < -0.39 is 23.9 Å². The van der Waals surface area contributed by atoms with E-state index in [1.807, 2.05) is 0 Å². The van der Waals surface area contributed by atoms with Crippen molar-refractivity contribution in [1.82, 2.24) is 4.90 Å². The summed E-state index contributed by atoms with van der Waals surface area (Å²) in [6, 6.07) is 13.1. The summed E-state index contributed by atoms with van der Waals surface area (Å²) in [4.78, 5) is 37.4. The Morgan fingerprint density at radius 1 is 0.763 bits per heavy atom. The number of esters is 1. The molecular weight excluding hydrogens is 486 g/mol. The number of carbonyl (C=O) groups excluding carboxylic acids is 2. The summed E-state index contributed by atoms with van der Waals surface area (Å²) >= 11 is 0. The van der Waals surface area contributed by atoms with Crippen LogP contribution in [0, 0.1) is 5.92 Å². The molecule has 1 aliphatic rings. The van der Waals surface area contributed by atoms with Crippen molar-refractivity contribution in [3.05, 3.63) is 54.1 Å². The van der Waals surface area contributed by atoms with Crippen molar-refractivity contribution in [2.45, 2.75) is 71.1 Å². The van der Waals surface area contributed by atoms with Crippen molar-refractivity contribution in [2.75, 3.05) is 19.7 Å². The topological polar surface area (TPSA) is 102 Å². The van der Waals surface area contributed by atoms with Gasteiger partial charge < -0.3 is 24.2 Å². The molecule has 0 saturated carbocycles. The van der Waals surface area contributed by atoms with Crippen molar-refractivity contribution < 1.29 is 33.7 Å². The maximum absolute atomic E-state index is 12.5. The number of hydrogen-bond acceptors (Lipinski definition) is 6. The van der Waals surface area contributed by atoms with Crippen molar-refractivity contribution in [1.29, 1.82) is 0 Å². The van der Waals surface area contributed by atoms with Gasteiger partial charge in [-0.3, -0.25) is 4.79 Å². The van der Waals surface area contributed by atoms with E-state index >= 15 is 0 Å². The molecule has 0 aromatic heterocycles. The lowest BCUT2D eigenvalue weighted by atomic mass is 9.97. The summed E-state index contributed by atoms with van der Waals surface area (Å²) in [7, 11) is 0. The van der Waals surface area contributed by atoms with Crippen LogP contribution in [0.3, 0.4) is 0 Å². The number of aliphatic carboxylic acids is 1. The second-order valence-corrected chi connectivity index (χ2v) is 9.68. The van der Waals surface area contributed by atoms with Gasteiger partial charge in [-0.2, -0.15) is 0 Å². The maximum Gasteiger partial charge on any atom is 0.415 e. The van der Waals surface area contributed by atoms with Crippen LogP contribution in [0.15, 0.2) is 48.5 Å². The zero-order chi connectivity index (χ0) is 27.2. The van der Waals surface area contributed by atoms with Gasteiger partial charge in [0.05, 0.1) is 18.1 Å². The first-order chi connectivity index (χ1) is 18.5. The molecule has 38 heavy (non-hydrogen) atoms. The van der Waals surface area contributed by atoms with Crippen LogP contribution in [0.1, 0.15) is 81.5 Å². The molecule has 1 fully saturated rings. The lowest BCUT2D eigenvalue weighted by Gasteiger charge is -2.29. The molecule has 0 bridgehead atoms. The second-order valence-electron chi connectivity index (χ2n) is 9.68. The number of ether oxygens (including phenoxy) is 3. The summed E-state index contributed by atoms with van der Waals surface area (Å²) in [5, 5.41) is 9.07. The predicted octanol–water partition coefficient (Wildman–Crippen LogP) is 6.72. The highest BCUT2D eigenvalue weighted by atomic mass is 16.6. The fourth-order valence-electron chi connectivity index (χ4n) is 4.33. The van der Waals surface area contributed by atoms with E-state index in [2.05, 4.69) is 6.92 Å². The number of likely N-dealkylation sites (tertiary alicyclic amines) is 1. The van der Waals surface area contributed by atoms with E-state index in [1.54, 1.807) is 48.5 Å². The van der Waals surface area contributed by atoms with Gasteiger partial charge in [0.2, 0.25) is 0 Å². The lowest BCUT2D eigenvalue weighted by Crippen LogP contribution is -2.41. The number of unbranched alkanes of at least 4 members (excludes halogenated alkanes) is 7. The monoisotopic (exact) mass is 525 g/mol. The van der Waals surface area contributed by atoms with Crippen molar-refractivity contribution in [3.8, 4) is 17.2 Å². The molecule has 0 aliphatic carbocycles. The molecule has 0 atom stereocenters. The van der Waals surface area contributed by atoms with Crippen LogP contribution in [0.5, 0.6) is 17.2 Å². The molecule has 2 aromatic carbocycles. The molecule has 8 nitrogen and oxygen atoms in total. The van der Waals surface area contributed by atoms with Gasteiger partial charge in [-0.25, -0.2) is 9.59 Å². The Morgan fingerprint density at radius 2 is 1.29 bits per heavy atom. The molecule has 1 amide bonds. The highest BCUT2D eigenvalue weighted by Gasteiger charge is 2.28. The minimum absolute atomic E-state index is 0.313. The van der Waals surface area contributed by atoms with E-state index in [9.17, 15) is 14.4 Å². The summed E-state index contributed by atoms with van der Waals surface area (Å²) in [6.07, 6.45) is 10.3. The lowest BCUT2D eigenvalue weighted by molar-refractivity contribution is -0.143. The minimum atomic E-state index is -0.832. The molecule has 2 aromatic rings. The van der Waals surface area contributed by atoms with E-state index in [4.69, 9.17) is 19.3 Å². The van der Waals surface area contributed by atoms with Crippen LogP contribution in [-0.4, -0.2) is 47.7 Å². The van der Waals surface area contributed by atoms with Crippen LogP contribution in [0.25, 0.3) is 0 Å². The van der Waals surface area contributed by atoms with Crippen LogP contribution in [-0.2, 0) is 4.79 Å². The molecule has 8 heteroatoms. The molecule has 1 saturated heterocycles. The Morgan fingerprint density at radius 3 is 1.87 bits per heavy atom. The number of benzene rings is 2. The summed E-state index contributed by atoms with van der Waals surface area (Å²) < 4.78 is 16.6. The van der Waals surface area contributed by atoms with E-state index in [0.29, 0.717) is 49.6 Å².